The van der Waals surface area contributed by atoms with Crippen LogP contribution in [0.1, 0.15) is 11.1 Å². The van der Waals surface area contributed by atoms with Crippen LogP contribution in [0.15, 0.2) is 30.5 Å². The monoisotopic (exact) mass is 315 g/mol. The highest BCUT2D eigenvalue weighted by Crippen LogP contribution is 2.30. The normalized spacial score (nSPS) is 11.3. The van der Waals surface area contributed by atoms with Crippen LogP contribution >= 0.6 is 0 Å². The summed E-state index contributed by atoms with van der Waals surface area (Å²) in [4.78, 5) is 7.84. The van der Waals surface area contributed by atoms with Gasteiger partial charge in [-0.3, -0.25) is 0 Å². The predicted molar refractivity (Wildman–Crippen MR) is 72.2 cm³/mol. The van der Waals surface area contributed by atoms with Gasteiger partial charge in [-0.15, -0.1) is 0 Å². The summed E-state index contributed by atoms with van der Waals surface area (Å²) >= 11 is 0. The third kappa shape index (κ3) is 4.06. The summed E-state index contributed by atoms with van der Waals surface area (Å²) in [6.45, 7) is 0.308. The predicted octanol–water partition coefficient (Wildman–Crippen LogP) is 3.30. The number of rotatable bonds is 5. The Morgan fingerprint density at radius 3 is 2.64 bits per heavy atom. The lowest BCUT2D eigenvalue weighted by Gasteiger charge is -2.10. The van der Waals surface area contributed by atoms with Crippen molar-refractivity contribution in [2.45, 2.75) is 12.6 Å². The van der Waals surface area contributed by atoms with E-state index in [9.17, 15) is 17.6 Å². The van der Waals surface area contributed by atoms with E-state index >= 15 is 0 Å². The van der Waals surface area contributed by atoms with Gasteiger partial charge < -0.3 is 10.1 Å². The molecule has 4 nitrogen and oxygen atoms in total. The largest absolute Gasteiger partial charge is 0.467 e. The van der Waals surface area contributed by atoms with Gasteiger partial charge in [-0.1, -0.05) is 6.07 Å². The van der Waals surface area contributed by atoms with Gasteiger partial charge in [0, 0.05) is 12.7 Å². The van der Waals surface area contributed by atoms with Crippen LogP contribution in [0.25, 0.3) is 0 Å². The van der Waals surface area contributed by atoms with Gasteiger partial charge in [-0.2, -0.15) is 18.2 Å². The van der Waals surface area contributed by atoms with Crippen molar-refractivity contribution in [1.29, 1.82) is 0 Å². The third-order valence-corrected chi connectivity index (χ3v) is 2.90. The number of ether oxygens (including phenoxy) is 1. The topological polar surface area (TPSA) is 47.0 Å². The zero-order chi connectivity index (χ0) is 16.2. The fourth-order valence-electron chi connectivity index (χ4n) is 1.79. The molecule has 2 aromatic rings. The van der Waals surface area contributed by atoms with Crippen molar-refractivity contribution in [3.8, 4) is 6.01 Å². The van der Waals surface area contributed by atoms with Crippen LogP contribution in [0.3, 0.4) is 0 Å². The molecule has 118 valence electrons. The number of hydrogen-bond donors (Lipinski definition) is 1. The summed E-state index contributed by atoms with van der Waals surface area (Å²) in [7, 11) is 1.43. The summed E-state index contributed by atoms with van der Waals surface area (Å²) in [6, 6.07) is 4.30. The molecule has 0 fully saturated rings. The van der Waals surface area contributed by atoms with Crippen LogP contribution in [-0.4, -0.2) is 23.6 Å². The van der Waals surface area contributed by atoms with E-state index in [-0.39, 0.29) is 18.0 Å². The van der Waals surface area contributed by atoms with Gasteiger partial charge in [-0.05, 0) is 30.2 Å². The van der Waals surface area contributed by atoms with E-state index < -0.39 is 17.6 Å². The standard InChI is InChI=1S/C14H13F4N3O/c1-22-13-20-7-5-12(21-13)19-6-4-9-2-3-10(8-11(9)15)14(16,17)18/h2-3,5,7-8H,4,6H2,1H3,(H,19,20,21). The number of aromatic nitrogens is 2. The molecule has 2 rings (SSSR count). The molecule has 8 heteroatoms. The number of nitrogens with zero attached hydrogens (tertiary/aromatic N) is 2. The molecule has 0 atom stereocenters. The van der Waals surface area contributed by atoms with Gasteiger partial charge in [0.15, 0.2) is 0 Å². The second kappa shape index (κ2) is 6.59. The van der Waals surface area contributed by atoms with Crippen molar-refractivity contribution in [2.75, 3.05) is 19.0 Å². The Labute approximate surface area is 124 Å². The average molecular weight is 315 g/mol. The second-order valence-corrected chi connectivity index (χ2v) is 4.41. The van der Waals surface area contributed by atoms with Crippen LogP contribution in [0, 0.1) is 5.82 Å². The van der Waals surface area contributed by atoms with Crippen LogP contribution in [0.4, 0.5) is 23.4 Å². The molecule has 22 heavy (non-hydrogen) atoms. The molecule has 0 saturated heterocycles. The Bertz CT molecular complexity index is 646. The molecule has 0 bridgehead atoms. The van der Waals surface area contributed by atoms with Crippen molar-refractivity contribution in [1.82, 2.24) is 9.97 Å². The number of benzene rings is 1. The fraction of sp³-hybridized carbons (Fsp3) is 0.286. The smallest absolute Gasteiger partial charge is 0.416 e. The van der Waals surface area contributed by atoms with Crippen molar-refractivity contribution in [2.24, 2.45) is 0 Å². The summed E-state index contributed by atoms with van der Waals surface area (Å²) in [5.41, 5.74) is -0.802. The lowest BCUT2D eigenvalue weighted by atomic mass is 10.1. The number of hydrogen-bond acceptors (Lipinski definition) is 4. The first-order valence-electron chi connectivity index (χ1n) is 6.36. The molecule has 0 aliphatic heterocycles. The SMILES string of the molecule is COc1nccc(NCCc2ccc(C(F)(F)F)cc2F)n1. The number of methoxy groups -OCH3 is 1. The van der Waals surface area contributed by atoms with Crippen molar-refractivity contribution in [3.63, 3.8) is 0 Å². The highest BCUT2D eigenvalue weighted by Gasteiger charge is 2.31. The highest BCUT2D eigenvalue weighted by molar-refractivity contribution is 5.34. The number of nitrogens with one attached hydrogen (secondary N) is 1. The zero-order valence-electron chi connectivity index (χ0n) is 11.6. The average Bonchev–Trinajstić information content (AvgIpc) is 2.48. The molecular weight excluding hydrogens is 302 g/mol. The minimum Gasteiger partial charge on any atom is -0.467 e. The number of anilines is 1. The number of halogens is 4. The summed E-state index contributed by atoms with van der Waals surface area (Å²) in [5, 5.41) is 2.92. The minimum atomic E-state index is -4.55. The van der Waals surface area contributed by atoms with Crippen molar-refractivity contribution < 1.29 is 22.3 Å². The molecule has 0 radical (unpaired) electrons. The Kier molecular flexibility index (Phi) is 4.79. The third-order valence-electron chi connectivity index (χ3n) is 2.90. The van der Waals surface area contributed by atoms with Crippen LogP contribution in [-0.2, 0) is 12.6 Å². The van der Waals surface area contributed by atoms with Crippen LogP contribution in [0.5, 0.6) is 6.01 Å². The van der Waals surface area contributed by atoms with E-state index in [1.165, 1.54) is 13.3 Å². The fourth-order valence-corrected chi connectivity index (χ4v) is 1.79. The van der Waals surface area contributed by atoms with Gasteiger partial charge in [0.25, 0.3) is 0 Å². The Morgan fingerprint density at radius 1 is 1.23 bits per heavy atom. The molecule has 0 amide bonds. The Hall–Kier alpha value is -2.38. The van der Waals surface area contributed by atoms with Gasteiger partial charge >= 0.3 is 12.2 Å². The Morgan fingerprint density at radius 2 is 2.00 bits per heavy atom. The molecule has 0 aliphatic rings. The zero-order valence-corrected chi connectivity index (χ0v) is 11.6. The summed E-state index contributed by atoms with van der Waals surface area (Å²) in [6.07, 6.45) is -2.84. The maximum atomic E-state index is 13.7. The van der Waals surface area contributed by atoms with E-state index in [1.807, 2.05) is 0 Å². The molecular formula is C14H13F4N3O. The first kappa shape index (κ1) is 16.0. The first-order valence-corrected chi connectivity index (χ1v) is 6.36. The van der Waals surface area contributed by atoms with E-state index in [0.29, 0.717) is 18.4 Å². The van der Waals surface area contributed by atoms with Crippen molar-refractivity contribution >= 4 is 5.82 Å². The van der Waals surface area contributed by atoms with Crippen molar-refractivity contribution in [3.05, 3.63) is 47.4 Å². The molecule has 0 spiro atoms. The molecule has 1 N–H and O–H groups in total. The Balaban J connectivity index is 1.97. The molecule has 0 unspecified atom stereocenters. The van der Waals surface area contributed by atoms with E-state index in [4.69, 9.17) is 4.74 Å². The lowest BCUT2D eigenvalue weighted by molar-refractivity contribution is -0.137. The molecule has 0 aliphatic carbocycles. The molecule has 1 aromatic carbocycles. The number of alkyl halides is 3. The summed E-state index contributed by atoms with van der Waals surface area (Å²) < 4.78 is 55.8. The molecule has 0 saturated carbocycles. The quantitative estimate of drug-likeness (QED) is 0.860. The van der Waals surface area contributed by atoms with Crippen LogP contribution < -0.4 is 10.1 Å². The highest BCUT2D eigenvalue weighted by atomic mass is 19.4. The van der Waals surface area contributed by atoms with E-state index in [1.54, 1.807) is 6.07 Å². The summed E-state index contributed by atoms with van der Waals surface area (Å²) in [5.74, 6) is -0.393. The van der Waals surface area contributed by atoms with Gasteiger partial charge in [0.1, 0.15) is 11.6 Å². The lowest BCUT2D eigenvalue weighted by Crippen LogP contribution is -2.10. The van der Waals surface area contributed by atoms with Gasteiger partial charge in [0.2, 0.25) is 0 Å². The maximum Gasteiger partial charge on any atom is 0.416 e. The van der Waals surface area contributed by atoms with E-state index in [2.05, 4.69) is 15.3 Å². The minimum absolute atomic E-state index is 0.186. The molecule has 1 aromatic heterocycles. The maximum absolute atomic E-state index is 13.7. The van der Waals surface area contributed by atoms with Gasteiger partial charge in [-0.25, -0.2) is 9.37 Å². The van der Waals surface area contributed by atoms with Gasteiger partial charge in [0.05, 0.1) is 12.7 Å². The molecule has 1 heterocycles. The van der Waals surface area contributed by atoms with Crippen LogP contribution in [0.2, 0.25) is 0 Å². The second-order valence-electron chi connectivity index (χ2n) is 4.41. The first-order chi connectivity index (χ1) is 10.4. The van der Waals surface area contributed by atoms with E-state index in [0.717, 1.165) is 12.1 Å².